The predicted molar refractivity (Wildman–Crippen MR) is 85.1 cm³/mol. The van der Waals surface area contributed by atoms with Crippen molar-refractivity contribution in [2.75, 3.05) is 13.1 Å². The highest BCUT2D eigenvalue weighted by Crippen LogP contribution is 2.16. The zero-order chi connectivity index (χ0) is 17.1. The van der Waals surface area contributed by atoms with Crippen molar-refractivity contribution >= 4 is 5.91 Å². The average molecular weight is 333 g/mol. The van der Waals surface area contributed by atoms with Crippen LogP contribution < -0.4 is 0 Å². The van der Waals surface area contributed by atoms with Crippen molar-refractivity contribution in [2.45, 2.75) is 52.9 Å². The first-order valence-corrected chi connectivity index (χ1v) is 8.21. The molecule has 8 heteroatoms. The van der Waals surface area contributed by atoms with Gasteiger partial charge in [-0.05, 0) is 39.7 Å². The third-order valence-electron chi connectivity index (χ3n) is 4.13. The number of amides is 1. The number of hydrogen-bond acceptors (Lipinski definition) is 6. The van der Waals surface area contributed by atoms with Crippen LogP contribution in [-0.2, 0) is 22.7 Å². The fourth-order valence-electron chi connectivity index (χ4n) is 2.95. The summed E-state index contributed by atoms with van der Waals surface area (Å²) in [4.78, 5) is 18.5. The first-order chi connectivity index (χ1) is 11.5. The molecule has 0 bridgehead atoms. The van der Waals surface area contributed by atoms with Gasteiger partial charge in [-0.15, -0.1) is 0 Å². The van der Waals surface area contributed by atoms with E-state index >= 15 is 0 Å². The molecule has 0 aliphatic carbocycles. The largest absolute Gasteiger partial charge is 0.367 e. The number of rotatable bonds is 5. The molecule has 0 aromatic carbocycles. The summed E-state index contributed by atoms with van der Waals surface area (Å²) >= 11 is 0. The Balaban J connectivity index is 1.52. The number of piperidine rings is 1. The Morgan fingerprint density at radius 1 is 1.42 bits per heavy atom. The number of nitrogens with zero attached hydrogens (tertiary/aromatic N) is 5. The fourth-order valence-corrected chi connectivity index (χ4v) is 2.95. The average Bonchev–Trinajstić information content (AvgIpc) is 3.11. The Hall–Kier alpha value is -2.22. The molecule has 8 nitrogen and oxygen atoms in total. The number of likely N-dealkylation sites (tertiary alicyclic amines) is 1. The van der Waals surface area contributed by atoms with Gasteiger partial charge in [-0.1, -0.05) is 5.16 Å². The molecular formula is C16H23N5O3. The zero-order valence-corrected chi connectivity index (χ0v) is 14.4. The SMILES string of the molecule is Cc1cc(C)n(CC(=O)N2CCCC(OCc3nc(C)no3)C2)n1. The highest BCUT2D eigenvalue weighted by Gasteiger charge is 2.25. The van der Waals surface area contributed by atoms with E-state index in [1.165, 1.54) is 0 Å². The molecule has 24 heavy (non-hydrogen) atoms. The van der Waals surface area contributed by atoms with Gasteiger partial charge in [0.15, 0.2) is 5.82 Å². The van der Waals surface area contributed by atoms with Gasteiger partial charge < -0.3 is 14.2 Å². The van der Waals surface area contributed by atoms with Gasteiger partial charge >= 0.3 is 0 Å². The number of aromatic nitrogens is 4. The molecule has 1 atom stereocenters. The summed E-state index contributed by atoms with van der Waals surface area (Å²) in [6, 6.07) is 1.97. The zero-order valence-electron chi connectivity index (χ0n) is 14.4. The molecule has 3 rings (SSSR count). The van der Waals surface area contributed by atoms with Crippen LogP contribution in [0.25, 0.3) is 0 Å². The van der Waals surface area contributed by atoms with Crippen LogP contribution in [0.3, 0.4) is 0 Å². The number of hydrogen-bond donors (Lipinski definition) is 0. The van der Waals surface area contributed by atoms with Crippen molar-refractivity contribution in [3.05, 3.63) is 29.2 Å². The molecule has 0 radical (unpaired) electrons. The Morgan fingerprint density at radius 3 is 2.92 bits per heavy atom. The van der Waals surface area contributed by atoms with E-state index in [4.69, 9.17) is 9.26 Å². The van der Waals surface area contributed by atoms with Crippen LogP contribution in [0.4, 0.5) is 0 Å². The lowest BCUT2D eigenvalue weighted by Gasteiger charge is -2.32. The van der Waals surface area contributed by atoms with Crippen molar-refractivity contribution in [3.63, 3.8) is 0 Å². The molecule has 2 aromatic heterocycles. The lowest BCUT2D eigenvalue weighted by molar-refractivity contribution is -0.136. The van der Waals surface area contributed by atoms with Crippen LogP contribution in [0.2, 0.25) is 0 Å². The predicted octanol–water partition coefficient (Wildman–Crippen LogP) is 1.40. The van der Waals surface area contributed by atoms with Crippen molar-refractivity contribution < 1.29 is 14.1 Å². The van der Waals surface area contributed by atoms with Crippen LogP contribution in [0.1, 0.15) is 35.9 Å². The van der Waals surface area contributed by atoms with E-state index in [1.54, 1.807) is 11.6 Å². The van der Waals surface area contributed by atoms with E-state index in [-0.39, 0.29) is 25.2 Å². The summed E-state index contributed by atoms with van der Waals surface area (Å²) in [5.41, 5.74) is 1.92. The highest BCUT2D eigenvalue weighted by atomic mass is 16.5. The third kappa shape index (κ3) is 4.00. The number of carbonyl (C=O) groups excluding carboxylic acids is 1. The van der Waals surface area contributed by atoms with E-state index < -0.39 is 0 Å². The van der Waals surface area contributed by atoms with Gasteiger partial charge in [0.25, 0.3) is 5.89 Å². The monoisotopic (exact) mass is 333 g/mol. The second-order valence-corrected chi connectivity index (χ2v) is 6.24. The Labute approximate surface area is 140 Å². The van der Waals surface area contributed by atoms with Crippen molar-refractivity contribution in [1.29, 1.82) is 0 Å². The smallest absolute Gasteiger partial charge is 0.252 e. The van der Waals surface area contributed by atoms with E-state index in [2.05, 4.69) is 15.2 Å². The number of aryl methyl sites for hydroxylation is 3. The molecule has 1 aliphatic heterocycles. The molecule has 0 spiro atoms. The van der Waals surface area contributed by atoms with E-state index in [9.17, 15) is 4.79 Å². The minimum absolute atomic E-state index is 0.00430. The van der Waals surface area contributed by atoms with Crippen molar-refractivity contribution in [3.8, 4) is 0 Å². The maximum absolute atomic E-state index is 12.5. The van der Waals surface area contributed by atoms with Gasteiger partial charge in [0.1, 0.15) is 13.2 Å². The Morgan fingerprint density at radius 2 is 2.25 bits per heavy atom. The molecule has 0 N–H and O–H groups in total. The van der Waals surface area contributed by atoms with Crippen LogP contribution in [0.5, 0.6) is 0 Å². The standard InChI is InChI=1S/C16H23N5O3/c1-11-7-12(2)21(18-11)9-16(22)20-6-4-5-14(8-20)23-10-15-17-13(3)19-24-15/h7,14H,4-6,8-10H2,1-3H3. The van der Waals surface area contributed by atoms with Gasteiger partial charge in [-0.2, -0.15) is 10.1 Å². The summed E-state index contributed by atoms with van der Waals surface area (Å²) in [5, 5.41) is 8.09. The molecule has 1 aliphatic rings. The first-order valence-electron chi connectivity index (χ1n) is 8.21. The highest BCUT2D eigenvalue weighted by molar-refractivity contribution is 5.76. The van der Waals surface area contributed by atoms with Gasteiger partial charge in [-0.25, -0.2) is 0 Å². The van der Waals surface area contributed by atoms with Crippen LogP contribution in [0.15, 0.2) is 10.6 Å². The Kier molecular flexibility index (Phi) is 4.94. The molecule has 1 saturated heterocycles. The molecule has 1 fully saturated rings. The van der Waals surface area contributed by atoms with Crippen LogP contribution in [0, 0.1) is 20.8 Å². The molecule has 3 heterocycles. The van der Waals surface area contributed by atoms with Gasteiger partial charge in [0, 0.05) is 18.8 Å². The van der Waals surface area contributed by atoms with Gasteiger partial charge in [0.05, 0.1) is 11.8 Å². The summed E-state index contributed by atoms with van der Waals surface area (Å²) in [6.45, 7) is 7.57. The first kappa shape index (κ1) is 16.6. The number of carbonyl (C=O) groups is 1. The second kappa shape index (κ2) is 7.12. The maximum Gasteiger partial charge on any atom is 0.252 e. The Bertz CT molecular complexity index is 708. The van der Waals surface area contributed by atoms with Gasteiger partial charge in [0.2, 0.25) is 5.91 Å². The summed E-state index contributed by atoms with van der Waals surface area (Å²) in [7, 11) is 0. The van der Waals surface area contributed by atoms with Crippen molar-refractivity contribution in [2.24, 2.45) is 0 Å². The molecule has 130 valence electrons. The lowest BCUT2D eigenvalue weighted by Crippen LogP contribution is -2.44. The fraction of sp³-hybridized carbons (Fsp3) is 0.625. The molecule has 1 amide bonds. The molecule has 0 saturated carbocycles. The summed E-state index contributed by atoms with van der Waals surface area (Å²) < 4.78 is 12.6. The molecule has 2 aromatic rings. The molecule has 1 unspecified atom stereocenters. The topological polar surface area (TPSA) is 86.3 Å². The summed E-state index contributed by atoms with van der Waals surface area (Å²) in [6.07, 6.45) is 1.85. The minimum atomic E-state index is -0.00430. The van der Waals surface area contributed by atoms with Crippen molar-refractivity contribution in [1.82, 2.24) is 24.8 Å². The minimum Gasteiger partial charge on any atom is -0.367 e. The summed E-state index contributed by atoms with van der Waals surface area (Å²) in [5.74, 6) is 1.14. The lowest BCUT2D eigenvalue weighted by atomic mass is 10.1. The quantitative estimate of drug-likeness (QED) is 0.822. The normalized spacial score (nSPS) is 18.1. The number of ether oxygens (including phenoxy) is 1. The van der Waals surface area contributed by atoms with E-state index in [1.807, 2.05) is 24.8 Å². The van der Waals surface area contributed by atoms with E-state index in [0.29, 0.717) is 18.3 Å². The third-order valence-corrected chi connectivity index (χ3v) is 4.13. The van der Waals surface area contributed by atoms with Crippen LogP contribution in [-0.4, -0.2) is 49.9 Å². The van der Waals surface area contributed by atoms with Gasteiger partial charge in [-0.3, -0.25) is 9.48 Å². The maximum atomic E-state index is 12.5. The molecular weight excluding hydrogens is 310 g/mol. The second-order valence-electron chi connectivity index (χ2n) is 6.24. The van der Waals surface area contributed by atoms with Crippen LogP contribution >= 0.6 is 0 Å². The van der Waals surface area contributed by atoms with E-state index in [0.717, 1.165) is 30.8 Å².